The average molecular weight is 263 g/mol. The third-order valence-electron chi connectivity index (χ3n) is 2.69. The summed E-state index contributed by atoms with van der Waals surface area (Å²) < 4.78 is 5.15. The van der Waals surface area contributed by atoms with E-state index in [1.807, 2.05) is 30.3 Å². The van der Waals surface area contributed by atoms with Gasteiger partial charge in [0.1, 0.15) is 11.9 Å². The number of carbonyl (C=O) groups excluding carboxylic acids is 2. The number of carbonyl (C=O) groups is 2. The van der Waals surface area contributed by atoms with E-state index in [0.717, 1.165) is 11.8 Å². The molecule has 1 atom stereocenters. The molecule has 0 unspecified atom stereocenters. The van der Waals surface area contributed by atoms with Crippen LogP contribution >= 0.6 is 0 Å². The fourth-order valence-corrected chi connectivity index (χ4v) is 1.60. The first-order valence-electron chi connectivity index (χ1n) is 6.25. The summed E-state index contributed by atoms with van der Waals surface area (Å²) in [6, 6.07) is 9.35. The zero-order valence-corrected chi connectivity index (χ0v) is 11.9. The van der Waals surface area contributed by atoms with Gasteiger partial charge in [-0.1, -0.05) is 30.3 Å². The maximum atomic E-state index is 11.6. The Hall–Kier alpha value is -1.84. The van der Waals surface area contributed by atoms with Crippen molar-refractivity contribution in [2.24, 2.45) is 0 Å². The summed E-state index contributed by atoms with van der Waals surface area (Å²) >= 11 is 0. The molecule has 19 heavy (non-hydrogen) atoms. The quantitative estimate of drug-likeness (QED) is 0.850. The highest BCUT2D eigenvalue weighted by Gasteiger charge is 2.27. The third kappa shape index (κ3) is 4.73. The molecule has 4 heteroatoms. The van der Waals surface area contributed by atoms with Gasteiger partial charge in [0.05, 0.1) is 5.41 Å². The van der Waals surface area contributed by atoms with Gasteiger partial charge in [-0.05, 0) is 33.3 Å². The lowest BCUT2D eigenvalue weighted by atomic mass is 9.84. The monoisotopic (exact) mass is 263 g/mol. The van der Waals surface area contributed by atoms with E-state index < -0.39 is 17.1 Å². The van der Waals surface area contributed by atoms with Crippen LogP contribution in [-0.2, 0) is 14.9 Å². The summed E-state index contributed by atoms with van der Waals surface area (Å²) in [4.78, 5) is 22.9. The Morgan fingerprint density at radius 1 is 1.21 bits per heavy atom. The molecule has 0 bridgehead atoms. The largest absolute Gasteiger partial charge is 0.444 e. The predicted molar refractivity (Wildman–Crippen MR) is 74.1 cm³/mol. The summed E-state index contributed by atoms with van der Waals surface area (Å²) in [7, 11) is 0. The number of amides is 1. The minimum absolute atomic E-state index is 0.204. The summed E-state index contributed by atoms with van der Waals surface area (Å²) in [6.07, 6.45) is 0.330. The van der Waals surface area contributed by atoms with Crippen molar-refractivity contribution < 1.29 is 14.3 Å². The number of rotatable bonds is 4. The standard InChI is InChI=1S/C15H21NO3/c1-14(2,3)19-13(18)16-10-15(4,11-17)12-8-6-5-7-9-12/h5-9,11H,10H2,1-4H3,(H,16,18)/t15-/m0/s1. The lowest BCUT2D eigenvalue weighted by molar-refractivity contribution is -0.112. The van der Waals surface area contributed by atoms with Crippen LogP contribution in [0.2, 0.25) is 0 Å². The molecule has 4 nitrogen and oxygen atoms in total. The number of hydrogen-bond donors (Lipinski definition) is 1. The number of benzene rings is 1. The van der Waals surface area contributed by atoms with Gasteiger partial charge in [0.25, 0.3) is 0 Å². The summed E-state index contributed by atoms with van der Waals surface area (Å²) in [5, 5.41) is 2.64. The minimum Gasteiger partial charge on any atom is -0.444 e. The molecular formula is C15H21NO3. The Labute approximate surface area is 114 Å². The van der Waals surface area contributed by atoms with Crippen molar-refractivity contribution >= 4 is 12.4 Å². The lowest BCUT2D eigenvalue weighted by Gasteiger charge is -2.25. The summed E-state index contributed by atoms with van der Waals surface area (Å²) in [5.74, 6) is 0. The van der Waals surface area contributed by atoms with Gasteiger partial charge in [-0.15, -0.1) is 0 Å². The van der Waals surface area contributed by atoms with Gasteiger partial charge in [-0.25, -0.2) is 4.79 Å². The Bertz CT molecular complexity index is 436. The number of aldehydes is 1. The van der Waals surface area contributed by atoms with E-state index in [1.165, 1.54) is 0 Å². The van der Waals surface area contributed by atoms with Crippen molar-refractivity contribution in [2.45, 2.75) is 38.7 Å². The summed E-state index contributed by atoms with van der Waals surface area (Å²) in [5.41, 5.74) is -0.437. The van der Waals surface area contributed by atoms with Crippen molar-refractivity contribution in [3.05, 3.63) is 35.9 Å². The molecule has 0 aliphatic rings. The molecule has 0 saturated carbocycles. The predicted octanol–water partition coefficient (Wildman–Crippen LogP) is 2.67. The second-order valence-corrected chi connectivity index (χ2v) is 5.76. The normalized spacial score (nSPS) is 14.3. The van der Waals surface area contributed by atoms with E-state index in [4.69, 9.17) is 4.74 Å². The van der Waals surface area contributed by atoms with Gasteiger partial charge in [-0.3, -0.25) is 0 Å². The summed E-state index contributed by atoms with van der Waals surface area (Å²) in [6.45, 7) is 7.37. The molecule has 0 spiro atoms. The fraction of sp³-hybridized carbons (Fsp3) is 0.467. The third-order valence-corrected chi connectivity index (χ3v) is 2.69. The molecule has 0 heterocycles. The highest BCUT2D eigenvalue weighted by atomic mass is 16.6. The number of nitrogens with one attached hydrogen (secondary N) is 1. The first kappa shape index (κ1) is 15.2. The van der Waals surface area contributed by atoms with Crippen LogP contribution < -0.4 is 5.32 Å². The molecule has 0 aromatic heterocycles. The number of ether oxygens (including phenoxy) is 1. The fourth-order valence-electron chi connectivity index (χ4n) is 1.60. The highest BCUT2D eigenvalue weighted by molar-refractivity contribution is 5.72. The molecule has 0 saturated heterocycles. The lowest BCUT2D eigenvalue weighted by Crippen LogP contribution is -2.42. The van der Waals surface area contributed by atoms with Crippen molar-refractivity contribution in [3.8, 4) is 0 Å². The van der Waals surface area contributed by atoms with Gasteiger partial charge in [0.15, 0.2) is 0 Å². The van der Waals surface area contributed by atoms with Gasteiger partial charge in [0, 0.05) is 6.54 Å². The molecule has 1 aromatic rings. The maximum absolute atomic E-state index is 11.6. The molecule has 0 aliphatic carbocycles. The molecule has 0 aliphatic heterocycles. The van der Waals surface area contributed by atoms with E-state index >= 15 is 0 Å². The molecule has 0 fully saturated rings. The van der Waals surface area contributed by atoms with Crippen LogP contribution in [0.5, 0.6) is 0 Å². The van der Waals surface area contributed by atoms with Crippen molar-refractivity contribution in [1.29, 1.82) is 0 Å². The molecule has 1 rings (SSSR count). The minimum atomic E-state index is -0.752. The van der Waals surface area contributed by atoms with E-state index in [-0.39, 0.29) is 6.54 Å². The van der Waals surface area contributed by atoms with Gasteiger partial charge in [-0.2, -0.15) is 0 Å². The van der Waals surface area contributed by atoms with Crippen molar-refractivity contribution in [2.75, 3.05) is 6.54 Å². The van der Waals surface area contributed by atoms with E-state index in [1.54, 1.807) is 27.7 Å². The van der Waals surface area contributed by atoms with Crippen LogP contribution in [0, 0.1) is 0 Å². The SMILES string of the molecule is CC(C)(C)OC(=O)NC[C@@](C)(C=O)c1ccccc1. The molecule has 1 N–H and O–H groups in total. The number of hydrogen-bond acceptors (Lipinski definition) is 3. The Kier molecular flexibility index (Phi) is 4.70. The van der Waals surface area contributed by atoms with E-state index in [2.05, 4.69) is 5.32 Å². The average Bonchev–Trinajstić information content (AvgIpc) is 2.35. The Morgan fingerprint density at radius 2 is 1.79 bits per heavy atom. The zero-order valence-electron chi connectivity index (χ0n) is 11.9. The van der Waals surface area contributed by atoms with E-state index in [0.29, 0.717) is 0 Å². The molecule has 1 aromatic carbocycles. The molecule has 104 valence electrons. The topological polar surface area (TPSA) is 55.4 Å². The second-order valence-electron chi connectivity index (χ2n) is 5.76. The van der Waals surface area contributed by atoms with E-state index in [9.17, 15) is 9.59 Å². The van der Waals surface area contributed by atoms with Gasteiger partial charge < -0.3 is 14.8 Å². The Morgan fingerprint density at radius 3 is 2.26 bits per heavy atom. The van der Waals surface area contributed by atoms with Crippen LogP contribution in [0.4, 0.5) is 4.79 Å². The van der Waals surface area contributed by atoms with Crippen molar-refractivity contribution in [3.63, 3.8) is 0 Å². The smallest absolute Gasteiger partial charge is 0.407 e. The highest BCUT2D eigenvalue weighted by Crippen LogP contribution is 2.20. The van der Waals surface area contributed by atoms with Crippen LogP contribution in [0.25, 0.3) is 0 Å². The zero-order chi connectivity index (χ0) is 14.5. The van der Waals surface area contributed by atoms with Gasteiger partial charge >= 0.3 is 6.09 Å². The Balaban J connectivity index is 2.68. The maximum Gasteiger partial charge on any atom is 0.407 e. The molecule has 0 radical (unpaired) electrons. The molecule has 1 amide bonds. The molecular weight excluding hydrogens is 242 g/mol. The van der Waals surface area contributed by atoms with Crippen molar-refractivity contribution in [1.82, 2.24) is 5.32 Å². The van der Waals surface area contributed by atoms with Crippen LogP contribution in [0.1, 0.15) is 33.3 Å². The number of alkyl carbamates (subject to hydrolysis) is 1. The van der Waals surface area contributed by atoms with Crippen LogP contribution in [0.3, 0.4) is 0 Å². The first-order chi connectivity index (χ1) is 8.77. The van der Waals surface area contributed by atoms with Crippen LogP contribution in [-0.4, -0.2) is 24.5 Å². The van der Waals surface area contributed by atoms with Gasteiger partial charge in [0.2, 0.25) is 0 Å². The first-order valence-corrected chi connectivity index (χ1v) is 6.25. The van der Waals surface area contributed by atoms with Crippen LogP contribution in [0.15, 0.2) is 30.3 Å². The second kappa shape index (κ2) is 5.87.